The Morgan fingerprint density at radius 1 is 0.246 bits per heavy atom. The van der Waals surface area contributed by atoms with Gasteiger partial charge in [-0.15, -0.1) is 0 Å². The lowest BCUT2D eigenvalue weighted by molar-refractivity contribution is 1.18. The molecule has 0 fully saturated rings. The summed E-state index contributed by atoms with van der Waals surface area (Å²) in [4.78, 5) is 0. The van der Waals surface area contributed by atoms with E-state index in [0.29, 0.717) is 0 Å². The van der Waals surface area contributed by atoms with Gasteiger partial charge in [-0.05, 0) is 129 Å². The number of aromatic nitrogens is 2. The highest BCUT2D eigenvalue weighted by atomic mass is 79.9. The van der Waals surface area contributed by atoms with E-state index in [2.05, 4.69) is 237 Å². The van der Waals surface area contributed by atoms with Crippen LogP contribution in [-0.4, -0.2) is 9.13 Å². The van der Waals surface area contributed by atoms with Crippen LogP contribution in [0.1, 0.15) is 0 Å². The van der Waals surface area contributed by atoms with E-state index in [9.17, 15) is 0 Å². The van der Waals surface area contributed by atoms with Crippen molar-refractivity contribution in [2.24, 2.45) is 0 Å². The Labute approximate surface area is 339 Å². The monoisotopic (exact) mass is 790 g/mol. The lowest BCUT2D eigenvalue weighted by Gasteiger charge is -2.13. The number of hydrogen-bond donors (Lipinski definition) is 0. The molecule has 2 heterocycles. The topological polar surface area (TPSA) is 9.86 Å². The SMILES string of the molecule is Brc1cccc(-c2cc(-c3ccc4c(c3)c3ccccc3n4-c3cccc(-c4ccccc4)c3)cc(-c3ccc4c5ccccc5n(-c5ccccc5)c4c3)c2)c1. The van der Waals surface area contributed by atoms with Gasteiger partial charge in [0.2, 0.25) is 0 Å². The fourth-order valence-corrected chi connectivity index (χ4v) is 9.09. The minimum atomic E-state index is 1.06. The summed E-state index contributed by atoms with van der Waals surface area (Å²) < 4.78 is 5.86. The Morgan fingerprint density at radius 3 is 1.42 bits per heavy atom. The maximum atomic E-state index is 3.74. The van der Waals surface area contributed by atoms with Crippen molar-refractivity contribution >= 4 is 59.5 Å². The van der Waals surface area contributed by atoms with E-state index in [-0.39, 0.29) is 0 Å². The molecule has 0 amide bonds. The highest BCUT2D eigenvalue weighted by molar-refractivity contribution is 9.10. The number of para-hydroxylation sites is 3. The second-order valence-electron chi connectivity index (χ2n) is 14.7. The molecule has 0 saturated heterocycles. The van der Waals surface area contributed by atoms with Gasteiger partial charge in [0.05, 0.1) is 22.1 Å². The maximum absolute atomic E-state index is 3.74. The van der Waals surface area contributed by atoms with Crippen molar-refractivity contribution in [3.05, 3.63) is 217 Å². The van der Waals surface area contributed by atoms with Crippen LogP contribution in [0.4, 0.5) is 0 Å². The molecule has 268 valence electrons. The van der Waals surface area contributed by atoms with Crippen molar-refractivity contribution in [2.75, 3.05) is 0 Å². The van der Waals surface area contributed by atoms with Crippen LogP contribution in [-0.2, 0) is 0 Å². The molecular formula is C54H35BrN2. The molecule has 2 aromatic heterocycles. The molecule has 0 N–H and O–H groups in total. The van der Waals surface area contributed by atoms with Crippen LogP contribution in [0.15, 0.2) is 217 Å². The van der Waals surface area contributed by atoms with Crippen LogP contribution < -0.4 is 0 Å². The minimum absolute atomic E-state index is 1.06. The van der Waals surface area contributed by atoms with Crippen molar-refractivity contribution in [3.63, 3.8) is 0 Å². The van der Waals surface area contributed by atoms with Crippen LogP contribution in [0.5, 0.6) is 0 Å². The van der Waals surface area contributed by atoms with E-state index < -0.39 is 0 Å². The summed E-state index contributed by atoms with van der Waals surface area (Å²) in [6.45, 7) is 0. The molecule has 11 aromatic rings. The van der Waals surface area contributed by atoms with Gasteiger partial charge < -0.3 is 9.13 Å². The average molecular weight is 792 g/mol. The van der Waals surface area contributed by atoms with Crippen LogP contribution in [0, 0.1) is 0 Å². The maximum Gasteiger partial charge on any atom is 0.0547 e. The normalized spacial score (nSPS) is 11.6. The molecule has 0 atom stereocenters. The quantitative estimate of drug-likeness (QED) is 0.159. The molecule has 57 heavy (non-hydrogen) atoms. The van der Waals surface area contributed by atoms with E-state index in [1.807, 2.05) is 0 Å². The van der Waals surface area contributed by atoms with Gasteiger partial charge in [-0.2, -0.15) is 0 Å². The molecular weight excluding hydrogens is 757 g/mol. The first-order chi connectivity index (χ1) is 28.2. The van der Waals surface area contributed by atoms with Crippen molar-refractivity contribution in [1.29, 1.82) is 0 Å². The highest BCUT2D eigenvalue weighted by Gasteiger charge is 2.17. The molecule has 0 unspecified atom stereocenters. The summed E-state index contributed by atoms with van der Waals surface area (Å²) in [5, 5.41) is 4.97. The summed E-state index contributed by atoms with van der Waals surface area (Å²) in [6.07, 6.45) is 0. The third kappa shape index (κ3) is 5.78. The van der Waals surface area contributed by atoms with E-state index in [0.717, 1.165) is 15.8 Å². The fraction of sp³-hybridized carbons (Fsp3) is 0. The molecule has 11 rings (SSSR count). The number of halogens is 1. The first-order valence-corrected chi connectivity index (χ1v) is 20.2. The number of hydrogen-bond acceptors (Lipinski definition) is 0. The first-order valence-electron chi connectivity index (χ1n) is 19.4. The van der Waals surface area contributed by atoms with Crippen molar-refractivity contribution in [3.8, 4) is 55.9 Å². The van der Waals surface area contributed by atoms with E-state index in [1.54, 1.807) is 0 Å². The predicted octanol–water partition coefficient (Wildman–Crippen LogP) is 15.3. The zero-order valence-corrected chi connectivity index (χ0v) is 32.6. The predicted molar refractivity (Wildman–Crippen MR) is 245 cm³/mol. The molecule has 0 aliphatic heterocycles. The van der Waals surface area contributed by atoms with Gasteiger partial charge in [0.15, 0.2) is 0 Å². The molecule has 0 aliphatic carbocycles. The minimum Gasteiger partial charge on any atom is -0.309 e. The molecule has 2 nitrogen and oxygen atoms in total. The average Bonchev–Trinajstić information content (AvgIpc) is 3.79. The van der Waals surface area contributed by atoms with Crippen LogP contribution >= 0.6 is 15.9 Å². The van der Waals surface area contributed by atoms with Crippen LogP contribution in [0.3, 0.4) is 0 Å². The van der Waals surface area contributed by atoms with E-state index >= 15 is 0 Å². The van der Waals surface area contributed by atoms with Gasteiger partial charge in [0.25, 0.3) is 0 Å². The third-order valence-electron chi connectivity index (χ3n) is 11.3. The standard InChI is InChI=1S/C54H35BrN2/c55-44-17-11-15-37(32-44)41-29-42(31-43(30-41)40-25-27-49-47-21-7-9-23-51(47)56(54(49)35-40)45-18-5-2-6-19-45)39-26-28-53-50(34-39)48-22-8-10-24-52(48)57(53)46-20-12-16-38(33-46)36-13-3-1-4-14-36/h1-35H. The molecule has 0 spiro atoms. The molecule has 0 radical (unpaired) electrons. The Morgan fingerprint density at radius 2 is 0.719 bits per heavy atom. The summed E-state index contributed by atoms with van der Waals surface area (Å²) in [6, 6.07) is 77.3. The van der Waals surface area contributed by atoms with Crippen molar-refractivity contribution in [2.45, 2.75) is 0 Å². The lowest BCUT2D eigenvalue weighted by atomic mass is 9.92. The summed E-state index contributed by atoms with van der Waals surface area (Å²) in [7, 11) is 0. The van der Waals surface area contributed by atoms with Crippen molar-refractivity contribution < 1.29 is 0 Å². The molecule has 3 heteroatoms. The Hall–Kier alpha value is -6.94. The number of rotatable bonds is 6. The second kappa shape index (κ2) is 13.7. The molecule has 9 aromatic carbocycles. The molecule has 0 aliphatic rings. The lowest BCUT2D eigenvalue weighted by Crippen LogP contribution is -1.94. The number of nitrogens with zero attached hydrogens (tertiary/aromatic N) is 2. The zero-order valence-electron chi connectivity index (χ0n) is 31.0. The van der Waals surface area contributed by atoms with Gasteiger partial charge in [-0.3, -0.25) is 0 Å². The van der Waals surface area contributed by atoms with Crippen LogP contribution in [0.2, 0.25) is 0 Å². The second-order valence-corrected chi connectivity index (χ2v) is 15.6. The Balaban J connectivity index is 1.10. The summed E-state index contributed by atoms with van der Waals surface area (Å²) in [5.41, 5.74) is 16.6. The highest BCUT2D eigenvalue weighted by Crippen LogP contribution is 2.40. The van der Waals surface area contributed by atoms with E-state index in [4.69, 9.17) is 0 Å². The van der Waals surface area contributed by atoms with Gasteiger partial charge in [-0.25, -0.2) is 0 Å². The van der Waals surface area contributed by atoms with Gasteiger partial charge in [0.1, 0.15) is 0 Å². The van der Waals surface area contributed by atoms with E-state index in [1.165, 1.54) is 88.1 Å². The first kappa shape index (κ1) is 33.4. The molecule has 0 saturated carbocycles. The summed E-state index contributed by atoms with van der Waals surface area (Å²) >= 11 is 3.74. The van der Waals surface area contributed by atoms with Gasteiger partial charge in [-0.1, -0.05) is 143 Å². The number of fused-ring (bicyclic) bond motifs is 6. The fourth-order valence-electron chi connectivity index (χ4n) is 8.69. The van der Waals surface area contributed by atoms with Crippen molar-refractivity contribution in [1.82, 2.24) is 9.13 Å². The van der Waals surface area contributed by atoms with Gasteiger partial charge >= 0.3 is 0 Å². The Kier molecular flexibility index (Phi) is 8.01. The van der Waals surface area contributed by atoms with Crippen LogP contribution in [0.25, 0.3) is 99.5 Å². The third-order valence-corrected chi connectivity index (χ3v) is 11.8. The number of benzene rings is 9. The summed E-state index contributed by atoms with van der Waals surface area (Å²) in [5.74, 6) is 0. The van der Waals surface area contributed by atoms with Gasteiger partial charge in [0, 0.05) is 37.4 Å². The molecule has 0 bridgehead atoms. The largest absolute Gasteiger partial charge is 0.309 e. The smallest absolute Gasteiger partial charge is 0.0547 e. The zero-order chi connectivity index (χ0) is 37.9. The Bertz CT molecular complexity index is 3300.